The SMILES string of the molecule is CC(F)(F)Oc1cc(P)cc(C(=O)CC(=O)C(=O)OCc2ccccc2)c1. The first-order valence-electron chi connectivity index (χ1n) is 7.88. The third kappa shape index (κ3) is 6.87. The molecular formula is C19H17F2O5P. The Morgan fingerprint density at radius 3 is 2.37 bits per heavy atom. The molecule has 5 nitrogen and oxygen atoms in total. The molecule has 8 heteroatoms. The zero-order valence-electron chi connectivity index (χ0n) is 14.4. The summed E-state index contributed by atoms with van der Waals surface area (Å²) in [5.41, 5.74) is 0.675. The minimum Gasteiger partial charge on any atom is -0.455 e. The summed E-state index contributed by atoms with van der Waals surface area (Å²) in [6, 6.07) is 12.5. The van der Waals surface area contributed by atoms with Crippen LogP contribution in [0.15, 0.2) is 48.5 Å². The van der Waals surface area contributed by atoms with Crippen molar-refractivity contribution in [3.05, 3.63) is 59.7 Å². The number of hydrogen-bond donors (Lipinski definition) is 0. The van der Waals surface area contributed by atoms with E-state index in [1.165, 1.54) is 12.1 Å². The Labute approximate surface area is 156 Å². The third-order valence-electron chi connectivity index (χ3n) is 3.31. The van der Waals surface area contributed by atoms with Gasteiger partial charge in [-0.2, -0.15) is 8.78 Å². The van der Waals surface area contributed by atoms with E-state index in [1.807, 2.05) is 0 Å². The fraction of sp³-hybridized carbons (Fsp3) is 0.211. The fourth-order valence-electron chi connectivity index (χ4n) is 2.17. The van der Waals surface area contributed by atoms with Crippen molar-refractivity contribution in [1.29, 1.82) is 0 Å². The first-order chi connectivity index (χ1) is 12.6. The molecule has 0 aliphatic rings. The van der Waals surface area contributed by atoms with Gasteiger partial charge in [-0.15, -0.1) is 9.24 Å². The summed E-state index contributed by atoms with van der Waals surface area (Å²) >= 11 is 0. The van der Waals surface area contributed by atoms with Gasteiger partial charge >= 0.3 is 12.1 Å². The number of Topliss-reactive ketones (excluding diaryl/α,β-unsaturated/α-hetero) is 2. The number of benzene rings is 2. The van der Waals surface area contributed by atoms with Gasteiger partial charge in [0, 0.05) is 12.5 Å². The van der Waals surface area contributed by atoms with Crippen molar-refractivity contribution in [2.75, 3.05) is 0 Å². The minimum absolute atomic E-state index is 0.0223. The van der Waals surface area contributed by atoms with Crippen molar-refractivity contribution < 1.29 is 32.6 Å². The van der Waals surface area contributed by atoms with Gasteiger partial charge in [0.25, 0.3) is 0 Å². The number of halogens is 2. The van der Waals surface area contributed by atoms with Crippen LogP contribution in [0.3, 0.4) is 0 Å². The van der Waals surface area contributed by atoms with E-state index in [0.29, 0.717) is 17.8 Å². The summed E-state index contributed by atoms with van der Waals surface area (Å²) < 4.78 is 35.3. The Kier molecular flexibility index (Phi) is 6.75. The first-order valence-corrected chi connectivity index (χ1v) is 8.46. The second-order valence-corrected chi connectivity index (χ2v) is 6.45. The summed E-state index contributed by atoms with van der Waals surface area (Å²) in [7, 11) is 2.25. The number of carbonyl (C=O) groups is 3. The Morgan fingerprint density at radius 2 is 1.74 bits per heavy atom. The highest BCUT2D eigenvalue weighted by Gasteiger charge is 2.25. The molecule has 1 unspecified atom stereocenters. The topological polar surface area (TPSA) is 69.7 Å². The fourth-order valence-corrected chi connectivity index (χ4v) is 2.52. The second kappa shape index (κ2) is 8.82. The molecule has 0 saturated carbocycles. The molecule has 0 aliphatic carbocycles. The number of rotatable bonds is 8. The van der Waals surface area contributed by atoms with Gasteiger partial charge in [-0.3, -0.25) is 9.59 Å². The van der Waals surface area contributed by atoms with Crippen molar-refractivity contribution >= 4 is 32.1 Å². The van der Waals surface area contributed by atoms with Crippen LogP contribution in [0.25, 0.3) is 0 Å². The Balaban J connectivity index is 1.99. The molecule has 0 N–H and O–H groups in total. The van der Waals surface area contributed by atoms with Gasteiger partial charge in [0.1, 0.15) is 12.4 Å². The van der Waals surface area contributed by atoms with E-state index in [9.17, 15) is 23.2 Å². The van der Waals surface area contributed by atoms with Crippen molar-refractivity contribution in [2.24, 2.45) is 0 Å². The van der Waals surface area contributed by atoms with E-state index < -0.39 is 30.1 Å². The highest BCUT2D eigenvalue weighted by Crippen LogP contribution is 2.22. The van der Waals surface area contributed by atoms with Crippen LogP contribution in [-0.4, -0.2) is 23.6 Å². The van der Waals surface area contributed by atoms with E-state index >= 15 is 0 Å². The lowest BCUT2D eigenvalue weighted by Crippen LogP contribution is -2.22. The van der Waals surface area contributed by atoms with Gasteiger partial charge in [0.15, 0.2) is 5.78 Å². The monoisotopic (exact) mass is 394 g/mol. The van der Waals surface area contributed by atoms with Crippen molar-refractivity contribution in [3.63, 3.8) is 0 Å². The summed E-state index contributed by atoms with van der Waals surface area (Å²) in [4.78, 5) is 35.9. The van der Waals surface area contributed by atoms with Crippen LogP contribution in [0.1, 0.15) is 29.3 Å². The predicted molar refractivity (Wildman–Crippen MR) is 97.2 cm³/mol. The molecule has 0 spiro atoms. The van der Waals surface area contributed by atoms with Gasteiger partial charge in [-0.1, -0.05) is 30.3 Å². The van der Waals surface area contributed by atoms with E-state index in [1.54, 1.807) is 30.3 Å². The summed E-state index contributed by atoms with van der Waals surface area (Å²) in [6.45, 7) is 0.473. The largest absolute Gasteiger partial charge is 0.455 e. The number of ketones is 2. The maximum absolute atomic E-state index is 13.0. The smallest absolute Gasteiger partial charge is 0.394 e. The van der Waals surface area contributed by atoms with Crippen LogP contribution in [0, 0.1) is 0 Å². The molecule has 0 amide bonds. The normalized spacial score (nSPS) is 11.0. The summed E-state index contributed by atoms with van der Waals surface area (Å²) in [5, 5.41) is 0.416. The zero-order chi connectivity index (χ0) is 20.0. The second-order valence-electron chi connectivity index (χ2n) is 5.79. The molecule has 0 fully saturated rings. The van der Waals surface area contributed by atoms with Crippen molar-refractivity contribution in [2.45, 2.75) is 26.1 Å². The lowest BCUT2D eigenvalue weighted by Gasteiger charge is -2.14. The lowest BCUT2D eigenvalue weighted by atomic mass is 10.1. The number of esters is 1. The standard InChI is InChI=1S/C19H17F2O5P/c1-19(20,21)26-14-7-13(8-15(27)9-14)16(22)10-17(23)18(24)25-11-12-5-3-2-4-6-12/h2-9H,10-11,27H2,1H3. The number of alkyl halides is 2. The van der Waals surface area contributed by atoms with Gasteiger partial charge in [0.05, 0.1) is 6.42 Å². The molecule has 1 atom stereocenters. The maximum atomic E-state index is 13.0. The van der Waals surface area contributed by atoms with Crippen LogP contribution in [0.5, 0.6) is 5.75 Å². The molecule has 0 aliphatic heterocycles. The van der Waals surface area contributed by atoms with Crippen molar-refractivity contribution in [3.8, 4) is 5.75 Å². The van der Waals surface area contributed by atoms with Gasteiger partial charge in [0.2, 0.25) is 5.78 Å². The molecule has 0 aromatic heterocycles. The van der Waals surface area contributed by atoms with E-state index in [0.717, 1.165) is 6.07 Å². The number of hydrogen-bond acceptors (Lipinski definition) is 5. The highest BCUT2D eigenvalue weighted by atomic mass is 31.0. The van der Waals surface area contributed by atoms with Crippen LogP contribution >= 0.6 is 9.24 Å². The van der Waals surface area contributed by atoms with Gasteiger partial charge in [-0.05, 0) is 29.1 Å². The minimum atomic E-state index is -3.42. The average Bonchev–Trinajstić information content (AvgIpc) is 2.58. The average molecular weight is 394 g/mol. The van der Waals surface area contributed by atoms with Gasteiger partial charge in [-0.25, -0.2) is 4.79 Å². The highest BCUT2D eigenvalue weighted by molar-refractivity contribution is 7.27. The molecule has 2 aromatic rings. The van der Waals surface area contributed by atoms with Crippen LogP contribution in [-0.2, 0) is 20.9 Å². The molecule has 0 radical (unpaired) electrons. The first kappa shape index (κ1) is 20.6. The number of carbonyl (C=O) groups excluding carboxylic acids is 3. The van der Waals surface area contributed by atoms with Crippen LogP contribution in [0.2, 0.25) is 0 Å². The Bertz CT molecular complexity index is 847. The molecule has 27 heavy (non-hydrogen) atoms. The molecular weight excluding hydrogens is 377 g/mol. The van der Waals surface area contributed by atoms with Crippen LogP contribution < -0.4 is 10.0 Å². The molecule has 0 saturated heterocycles. The Morgan fingerprint density at radius 1 is 1.07 bits per heavy atom. The lowest BCUT2D eigenvalue weighted by molar-refractivity contribution is -0.158. The molecule has 0 bridgehead atoms. The predicted octanol–water partition coefficient (Wildman–Crippen LogP) is 3.06. The molecule has 2 rings (SSSR count). The molecule has 142 valence electrons. The Hall–Kier alpha value is -2.66. The van der Waals surface area contributed by atoms with Crippen molar-refractivity contribution in [1.82, 2.24) is 0 Å². The summed E-state index contributed by atoms with van der Waals surface area (Å²) in [6.07, 6.45) is -4.15. The third-order valence-corrected chi connectivity index (χ3v) is 3.64. The quantitative estimate of drug-likeness (QED) is 0.226. The number of ether oxygens (including phenoxy) is 2. The van der Waals surface area contributed by atoms with E-state index in [2.05, 4.69) is 14.0 Å². The van der Waals surface area contributed by atoms with Crippen LogP contribution in [0.4, 0.5) is 8.78 Å². The molecule has 0 heterocycles. The zero-order valence-corrected chi connectivity index (χ0v) is 15.6. The maximum Gasteiger partial charge on any atom is 0.394 e. The summed E-state index contributed by atoms with van der Waals surface area (Å²) in [5.74, 6) is -3.08. The van der Waals surface area contributed by atoms with E-state index in [4.69, 9.17) is 4.74 Å². The van der Waals surface area contributed by atoms with E-state index in [-0.39, 0.29) is 17.9 Å². The molecule has 2 aromatic carbocycles. The van der Waals surface area contributed by atoms with Gasteiger partial charge < -0.3 is 9.47 Å².